The van der Waals surface area contributed by atoms with Crippen LogP contribution in [0, 0.1) is 11.8 Å². The van der Waals surface area contributed by atoms with E-state index in [0.29, 0.717) is 5.69 Å². The summed E-state index contributed by atoms with van der Waals surface area (Å²) < 4.78 is 0. The van der Waals surface area contributed by atoms with Crippen molar-refractivity contribution in [3.05, 3.63) is 90.0 Å². The Morgan fingerprint density at radius 3 is 1.70 bits per heavy atom. The van der Waals surface area contributed by atoms with E-state index in [1.165, 1.54) is 32.2 Å². The Kier molecular flexibility index (Phi) is 3.66. The Morgan fingerprint density at radius 2 is 1.09 bits per heavy atom. The second-order valence-corrected chi connectivity index (χ2v) is 9.71. The third-order valence-corrected chi connectivity index (χ3v) is 8.20. The van der Waals surface area contributed by atoms with Crippen LogP contribution in [0.2, 0.25) is 0 Å². The molecule has 1 heterocycles. The third kappa shape index (κ3) is 2.29. The molecule has 0 saturated carbocycles. The van der Waals surface area contributed by atoms with E-state index >= 15 is 0 Å². The Hall–Kier alpha value is -3.72. The highest BCUT2D eigenvalue weighted by Gasteiger charge is 2.55. The van der Waals surface area contributed by atoms with E-state index in [1.807, 2.05) is 24.3 Å². The van der Waals surface area contributed by atoms with Crippen LogP contribution in [0.5, 0.6) is 0 Å². The summed E-state index contributed by atoms with van der Waals surface area (Å²) in [6.45, 7) is 4.20. The monoisotopic (exact) mass is 429 g/mol. The average molecular weight is 430 g/mol. The van der Waals surface area contributed by atoms with Crippen molar-refractivity contribution in [1.82, 2.24) is 0 Å². The van der Waals surface area contributed by atoms with Gasteiger partial charge < -0.3 is 0 Å². The molecule has 1 saturated heterocycles. The van der Waals surface area contributed by atoms with Crippen LogP contribution in [0.4, 0.5) is 5.69 Å². The molecule has 0 N–H and O–H groups in total. The van der Waals surface area contributed by atoms with E-state index in [-0.39, 0.29) is 35.5 Å². The number of amides is 2. The molecule has 3 heteroatoms. The molecule has 5 aromatic rings. The Balaban J connectivity index is 1.45. The lowest BCUT2D eigenvalue weighted by molar-refractivity contribution is -0.122. The quantitative estimate of drug-likeness (QED) is 0.222. The van der Waals surface area contributed by atoms with Gasteiger partial charge in [0.05, 0.1) is 17.5 Å². The molecule has 3 nitrogen and oxygen atoms in total. The van der Waals surface area contributed by atoms with Gasteiger partial charge >= 0.3 is 0 Å². The molecule has 33 heavy (non-hydrogen) atoms. The van der Waals surface area contributed by atoms with Crippen LogP contribution < -0.4 is 4.90 Å². The summed E-state index contributed by atoms with van der Waals surface area (Å²) >= 11 is 0. The standard InChI is InChI=1S/C30H23NO2/c1-16-21-8-3-4-9-22(21)17(2)26-25(16)29(32)31(30(26)33)24-15-13-20-11-10-18-6-5-7-19-12-14-23(24)28(20)27(18)19/h3-17,25-26H,1-2H3/t16-,17+,25-,26+. The Labute approximate surface area is 192 Å². The number of benzene rings is 5. The number of anilines is 1. The summed E-state index contributed by atoms with van der Waals surface area (Å²) in [7, 11) is 0. The molecule has 0 aromatic heterocycles. The minimum atomic E-state index is -0.319. The fourth-order valence-corrected chi connectivity index (χ4v) is 6.64. The van der Waals surface area contributed by atoms with Crippen molar-refractivity contribution >= 4 is 49.8 Å². The third-order valence-electron chi connectivity index (χ3n) is 8.20. The van der Waals surface area contributed by atoms with Gasteiger partial charge in [0.25, 0.3) is 0 Å². The zero-order valence-corrected chi connectivity index (χ0v) is 18.6. The number of carbonyl (C=O) groups is 2. The molecule has 1 fully saturated rings. The van der Waals surface area contributed by atoms with Gasteiger partial charge in [0.2, 0.25) is 11.8 Å². The zero-order chi connectivity index (χ0) is 22.4. The second kappa shape index (κ2) is 6.41. The van der Waals surface area contributed by atoms with Crippen molar-refractivity contribution in [2.24, 2.45) is 11.8 Å². The molecule has 160 valence electrons. The van der Waals surface area contributed by atoms with Crippen molar-refractivity contribution in [3.8, 4) is 0 Å². The second-order valence-electron chi connectivity index (χ2n) is 9.71. The molecule has 0 bridgehead atoms. The molecule has 2 amide bonds. The summed E-state index contributed by atoms with van der Waals surface area (Å²) in [6.07, 6.45) is 0. The van der Waals surface area contributed by atoms with E-state index in [2.05, 4.69) is 68.4 Å². The summed E-state index contributed by atoms with van der Waals surface area (Å²) in [5.41, 5.74) is 3.11. The van der Waals surface area contributed by atoms with Crippen LogP contribution in [-0.4, -0.2) is 11.8 Å². The molecule has 0 unspecified atom stereocenters. The van der Waals surface area contributed by atoms with E-state index in [0.717, 1.165) is 16.2 Å². The number of rotatable bonds is 1. The maximum Gasteiger partial charge on any atom is 0.238 e. The Bertz CT molecular complexity index is 1550. The topological polar surface area (TPSA) is 37.4 Å². The minimum Gasteiger partial charge on any atom is -0.274 e. The highest BCUT2D eigenvalue weighted by Crippen LogP contribution is 2.52. The van der Waals surface area contributed by atoms with Gasteiger partial charge in [0.15, 0.2) is 0 Å². The molecule has 1 aliphatic heterocycles. The first-order valence-electron chi connectivity index (χ1n) is 11.7. The summed E-state index contributed by atoms with van der Waals surface area (Å²) in [5.74, 6) is -0.725. The first-order chi connectivity index (χ1) is 16.1. The lowest BCUT2D eigenvalue weighted by atomic mass is 9.66. The highest BCUT2D eigenvalue weighted by atomic mass is 16.2. The molecule has 0 radical (unpaired) electrons. The predicted octanol–water partition coefficient (Wildman–Crippen LogP) is 6.61. The summed E-state index contributed by atoms with van der Waals surface area (Å²) in [5, 5.41) is 6.77. The summed E-state index contributed by atoms with van der Waals surface area (Å²) in [4.78, 5) is 29.3. The van der Waals surface area contributed by atoms with Crippen LogP contribution in [0.3, 0.4) is 0 Å². The van der Waals surface area contributed by atoms with Gasteiger partial charge in [-0.15, -0.1) is 0 Å². The van der Waals surface area contributed by atoms with Crippen molar-refractivity contribution < 1.29 is 9.59 Å². The molecule has 1 aliphatic carbocycles. The number of imide groups is 1. The fourth-order valence-electron chi connectivity index (χ4n) is 6.64. The smallest absolute Gasteiger partial charge is 0.238 e. The normalized spacial score (nSPS) is 24.7. The van der Waals surface area contributed by atoms with E-state index in [4.69, 9.17) is 0 Å². The maximum atomic E-state index is 13.9. The first kappa shape index (κ1) is 18.8. The number of hydrogen-bond acceptors (Lipinski definition) is 2. The summed E-state index contributed by atoms with van der Waals surface area (Å²) in [6, 6.07) is 27.1. The average Bonchev–Trinajstić information content (AvgIpc) is 3.11. The van der Waals surface area contributed by atoms with E-state index in [9.17, 15) is 9.59 Å². The molecule has 7 rings (SSSR count). The number of hydrogen-bond donors (Lipinski definition) is 0. The lowest BCUT2D eigenvalue weighted by Gasteiger charge is -2.35. The van der Waals surface area contributed by atoms with Crippen LogP contribution in [0.1, 0.15) is 36.8 Å². The molecule has 4 atom stereocenters. The van der Waals surface area contributed by atoms with Gasteiger partial charge in [0.1, 0.15) is 0 Å². The van der Waals surface area contributed by atoms with Crippen LogP contribution in [0.15, 0.2) is 78.9 Å². The minimum absolute atomic E-state index is 0.0173. The van der Waals surface area contributed by atoms with Crippen molar-refractivity contribution in [2.75, 3.05) is 4.90 Å². The predicted molar refractivity (Wildman–Crippen MR) is 133 cm³/mol. The Morgan fingerprint density at radius 1 is 0.576 bits per heavy atom. The van der Waals surface area contributed by atoms with E-state index < -0.39 is 0 Å². The van der Waals surface area contributed by atoms with Gasteiger partial charge in [-0.3, -0.25) is 9.59 Å². The first-order valence-corrected chi connectivity index (χ1v) is 11.7. The number of carbonyl (C=O) groups excluding carboxylic acids is 2. The van der Waals surface area contributed by atoms with Crippen molar-refractivity contribution in [2.45, 2.75) is 25.7 Å². The number of fused-ring (bicyclic) bond motifs is 2. The van der Waals surface area contributed by atoms with Gasteiger partial charge in [0, 0.05) is 5.39 Å². The van der Waals surface area contributed by atoms with Gasteiger partial charge in [-0.2, -0.15) is 0 Å². The van der Waals surface area contributed by atoms with Gasteiger partial charge in [-0.25, -0.2) is 4.90 Å². The lowest BCUT2D eigenvalue weighted by Crippen LogP contribution is -2.33. The van der Waals surface area contributed by atoms with Crippen LogP contribution >= 0.6 is 0 Å². The molecular formula is C30H23NO2. The van der Waals surface area contributed by atoms with Crippen LogP contribution in [0.25, 0.3) is 32.3 Å². The molecular weight excluding hydrogens is 406 g/mol. The molecule has 5 aromatic carbocycles. The van der Waals surface area contributed by atoms with Gasteiger partial charge in [-0.1, -0.05) is 86.6 Å². The van der Waals surface area contributed by atoms with E-state index in [1.54, 1.807) is 0 Å². The number of nitrogens with zero attached hydrogens (tertiary/aromatic N) is 1. The maximum absolute atomic E-state index is 13.9. The molecule has 0 spiro atoms. The fraction of sp³-hybridized carbons (Fsp3) is 0.200. The van der Waals surface area contributed by atoms with Crippen molar-refractivity contribution in [1.29, 1.82) is 0 Å². The van der Waals surface area contributed by atoms with Crippen LogP contribution in [-0.2, 0) is 9.59 Å². The molecule has 2 aliphatic rings. The van der Waals surface area contributed by atoms with Crippen molar-refractivity contribution in [3.63, 3.8) is 0 Å². The SMILES string of the molecule is C[C@@H]1c2ccccc2[C@H](C)[C@@H]2C(=O)N(c3ccc4ccc5cccc6ccc3c4c56)C(=O)[C@@H]21. The largest absolute Gasteiger partial charge is 0.274 e. The highest BCUT2D eigenvalue weighted by molar-refractivity contribution is 6.30. The van der Waals surface area contributed by atoms with Gasteiger partial charge in [-0.05, 0) is 56.0 Å². The zero-order valence-electron chi connectivity index (χ0n) is 18.6.